The highest BCUT2D eigenvalue weighted by atomic mass is 32.1. The molecule has 0 amide bonds. The van der Waals surface area contributed by atoms with E-state index in [4.69, 9.17) is 12.2 Å². The van der Waals surface area contributed by atoms with Crippen LogP contribution in [0.15, 0.2) is 30.5 Å². The first-order valence-electron chi connectivity index (χ1n) is 6.09. The summed E-state index contributed by atoms with van der Waals surface area (Å²) in [5.41, 5.74) is 3.48. The van der Waals surface area contributed by atoms with Crippen molar-refractivity contribution in [2.75, 3.05) is 19.0 Å². The van der Waals surface area contributed by atoms with Crippen molar-refractivity contribution in [1.82, 2.24) is 9.55 Å². The summed E-state index contributed by atoms with van der Waals surface area (Å²) < 4.78 is 2.85. The molecule has 1 N–H and O–H groups in total. The number of hydrogen-bond donors (Lipinski definition) is 1. The van der Waals surface area contributed by atoms with E-state index in [1.807, 2.05) is 20.3 Å². The van der Waals surface area contributed by atoms with Gasteiger partial charge in [0, 0.05) is 31.7 Å². The molecule has 0 fully saturated rings. The average Bonchev–Trinajstić information content (AvgIpc) is 2.71. The van der Waals surface area contributed by atoms with Crippen molar-refractivity contribution >= 4 is 17.9 Å². The average molecular weight is 261 g/mol. The molecule has 1 aromatic carbocycles. The Kier molecular flexibility index (Phi) is 3.57. The smallest absolute Gasteiger partial charge is 0.182 e. The zero-order valence-electron chi connectivity index (χ0n) is 11.3. The van der Waals surface area contributed by atoms with Gasteiger partial charge in [0.15, 0.2) is 4.77 Å². The molecule has 2 aromatic rings. The number of aromatic amines is 1. The van der Waals surface area contributed by atoms with E-state index in [0.29, 0.717) is 5.92 Å². The predicted octanol–water partition coefficient (Wildman–Crippen LogP) is 3.72. The lowest BCUT2D eigenvalue weighted by molar-refractivity contribution is 0.783. The van der Waals surface area contributed by atoms with Crippen LogP contribution < -0.4 is 4.90 Å². The molecule has 0 aliphatic carbocycles. The monoisotopic (exact) mass is 261 g/mol. The summed E-state index contributed by atoms with van der Waals surface area (Å²) in [6.07, 6.45) is 2.00. The summed E-state index contributed by atoms with van der Waals surface area (Å²) in [5, 5.41) is 0. The van der Waals surface area contributed by atoms with E-state index in [1.165, 1.54) is 11.4 Å². The minimum Gasteiger partial charge on any atom is -0.378 e. The Labute approximate surface area is 113 Å². The fourth-order valence-electron chi connectivity index (χ4n) is 1.98. The van der Waals surface area contributed by atoms with Crippen molar-refractivity contribution in [3.8, 4) is 5.69 Å². The molecule has 0 saturated carbocycles. The summed E-state index contributed by atoms with van der Waals surface area (Å²) in [6.45, 7) is 4.34. The van der Waals surface area contributed by atoms with Crippen LogP contribution in [0.25, 0.3) is 5.69 Å². The van der Waals surface area contributed by atoms with E-state index < -0.39 is 0 Å². The summed E-state index contributed by atoms with van der Waals surface area (Å²) in [6, 6.07) is 8.39. The van der Waals surface area contributed by atoms with Gasteiger partial charge in [-0.1, -0.05) is 19.9 Å². The van der Waals surface area contributed by atoms with Crippen molar-refractivity contribution in [2.24, 2.45) is 0 Å². The van der Waals surface area contributed by atoms with E-state index in [9.17, 15) is 0 Å². The number of nitrogens with one attached hydrogen (secondary N) is 1. The van der Waals surface area contributed by atoms with E-state index in [2.05, 4.69) is 52.6 Å². The molecule has 0 aliphatic heterocycles. The highest BCUT2D eigenvalue weighted by Crippen LogP contribution is 2.22. The Hall–Kier alpha value is -1.55. The Bertz CT molecular complexity index is 593. The number of anilines is 1. The highest BCUT2D eigenvalue weighted by molar-refractivity contribution is 7.71. The van der Waals surface area contributed by atoms with Crippen LogP contribution in [0, 0.1) is 4.77 Å². The molecule has 0 spiro atoms. The zero-order valence-corrected chi connectivity index (χ0v) is 12.1. The van der Waals surface area contributed by atoms with Gasteiger partial charge < -0.3 is 9.88 Å². The molecule has 0 unspecified atom stereocenters. The lowest BCUT2D eigenvalue weighted by Gasteiger charge is -2.16. The van der Waals surface area contributed by atoms with Crippen molar-refractivity contribution in [3.63, 3.8) is 0 Å². The van der Waals surface area contributed by atoms with Crippen LogP contribution in [-0.2, 0) is 0 Å². The maximum atomic E-state index is 5.38. The molecule has 0 saturated heterocycles. The van der Waals surface area contributed by atoms with Crippen molar-refractivity contribution in [1.29, 1.82) is 0 Å². The van der Waals surface area contributed by atoms with Crippen LogP contribution in [0.3, 0.4) is 0 Å². The maximum absolute atomic E-state index is 5.38. The third-order valence-electron chi connectivity index (χ3n) is 3.00. The van der Waals surface area contributed by atoms with Crippen LogP contribution in [0.4, 0.5) is 5.69 Å². The first kappa shape index (κ1) is 12.9. The van der Waals surface area contributed by atoms with Gasteiger partial charge >= 0.3 is 0 Å². The van der Waals surface area contributed by atoms with Gasteiger partial charge in [0.25, 0.3) is 0 Å². The lowest BCUT2D eigenvalue weighted by Crippen LogP contribution is -2.09. The molecular weight excluding hydrogens is 242 g/mol. The SMILES string of the molecule is CC(C)c1c[nH]c(=S)n1-c1cccc(N(C)C)c1. The Morgan fingerprint density at radius 1 is 1.28 bits per heavy atom. The molecule has 0 atom stereocenters. The second kappa shape index (κ2) is 4.98. The normalized spacial score (nSPS) is 10.9. The van der Waals surface area contributed by atoms with Gasteiger partial charge in [-0.25, -0.2) is 0 Å². The zero-order chi connectivity index (χ0) is 13.3. The Morgan fingerprint density at radius 3 is 2.61 bits per heavy atom. The number of hydrogen-bond acceptors (Lipinski definition) is 2. The van der Waals surface area contributed by atoms with E-state index in [0.717, 1.165) is 10.5 Å². The molecular formula is C14H19N3S. The third kappa shape index (κ3) is 2.34. The topological polar surface area (TPSA) is 24.0 Å². The van der Waals surface area contributed by atoms with Crippen LogP contribution in [0.5, 0.6) is 0 Å². The van der Waals surface area contributed by atoms with Gasteiger partial charge in [0.05, 0.1) is 5.69 Å². The van der Waals surface area contributed by atoms with Gasteiger partial charge in [-0.3, -0.25) is 4.57 Å². The largest absolute Gasteiger partial charge is 0.378 e. The van der Waals surface area contributed by atoms with Gasteiger partial charge in [0.2, 0.25) is 0 Å². The fourth-order valence-corrected chi connectivity index (χ4v) is 2.25. The molecule has 96 valence electrons. The number of H-pyrrole nitrogens is 1. The van der Waals surface area contributed by atoms with Crippen LogP contribution in [0.1, 0.15) is 25.5 Å². The number of nitrogens with zero attached hydrogens (tertiary/aromatic N) is 2. The highest BCUT2D eigenvalue weighted by Gasteiger charge is 2.10. The predicted molar refractivity (Wildman–Crippen MR) is 79.4 cm³/mol. The molecule has 4 heteroatoms. The molecule has 1 aromatic heterocycles. The molecule has 18 heavy (non-hydrogen) atoms. The summed E-state index contributed by atoms with van der Waals surface area (Å²) >= 11 is 5.38. The second-order valence-corrected chi connectivity index (χ2v) is 5.31. The number of benzene rings is 1. The van der Waals surface area contributed by atoms with Gasteiger partial charge in [0.1, 0.15) is 0 Å². The minimum absolute atomic E-state index is 0.431. The van der Waals surface area contributed by atoms with Gasteiger partial charge in [-0.2, -0.15) is 0 Å². The Balaban J connectivity index is 2.58. The van der Waals surface area contributed by atoms with Crippen molar-refractivity contribution in [3.05, 3.63) is 40.9 Å². The maximum Gasteiger partial charge on any atom is 0.182 e. The summed E-state index contributed by atoms with van der Waals surface area (Å²) in [4.78, 5) is 5.22. The van der Waals surface area contributed by atoms with Gasteiger partial charge in [-0.15, -0.1) is 0 Å². The first-order chi connectivity index (χ1) is 8.50. The van der Waals surface area contributed by atoms with Crippen molar-refractivity contribution < 1.29 is 0 Å². The van der Waals surface area contributed by atoms with Crippen LogP contribution >= 0.6 is 12.2 Å². The molecule has 0 radical (unpaired) electrons. The van der Waals surface area contributed by atoms with Gasteiger partial charge in [-0.05, 0) is 36.3 Å². The molecule has 1 heterocycles. The minimum atomic E-state index is 0.431. The fraction of sp³-hybridized carbons (Fsp3) is 0.357. The molecule has 0 bridgehead atoms. The molecule has 2 rings (SSSR count). The summed E-state index contributed by atoms with van der Waals surface area (Å²) in [5.74, 6) is 0.431. The first-order valence-corrected chi connectivity index (χ1v) is 6.49. The molecule has 3 nitrogen and oxygen atoms in total. The van der Waals surface area contributed by atoms with E-state index in [-0.39, 0.29) is 0 Å². The quantitative estimate of drug-likeness (QED) is 0.851. The summed E-state index contributed by atoms with van der Waals surface area (Å²) in [7, 11) is 4.08. The lowest BCUT2D eigenvalue weighted by atomic mass is 10.1. The van der Waals surface area contributed by atoms with Crippen LogP contribution in [0.2, 0.25) is 0 Å². The number of imidazole rings is 1. The number of rotatable bonds is 3. The second-order valence-electron chi connectivity index (χ2n) is 4.92. The van der Waals surface area contributed by atoms with E-state index in [1.54, 1.807) is 0 Å². The Morgan fingerprint density at radius 2 is 2.00 bits per heavy atom. The molecule has 0 aliphatic rings. The van der Waals surface area contributed by atoms with Crippen LogP contribution in [-0.4, -0.2) is 23.6 Å². The van der Waals surface area contributed by atoms with E-state index >= 15 is 0 Å². The standard InChI is InChI=1S/C14H19N3S/c1-10(2)13-9-15-14(18)17(13)12-7-5-6-11(8-12)16(3)4/h5-10H,1-4H3,(H,15,18). The third-order valence-corrected chi connectivity index (χ3v) is 3.30. The van der Waals surface area contributed by atoms with Crippen molar-refractivity contribution in [2.45, 2.75) is 19.8 Å². The number of aromatic nitrogens is 2.